The van der Waals surface area contributed by atoms with E-state index in [-0.39, 0.29) is 11.2 Å². The highest BCUT2D eigenvalue weighted by molar-refractivity contribution is 6.30. The summed E-state index contributed by atoms with van der Waals surface area (Å²) in [5, 5.41) is 9.27. The highest BCUT2D eigenvalue weighted by Crippen LogP contribution is 2.20. The van der Waals surface area contributed by atoms with Gasteiger partial charge < -0.3 is 4.42 Å². The summed E-state index contributed by atoms with van der Waals surface area (Å²) in [6.45, 7) is 0. The molecule has 0 N–H and O–H groups in total. The van der Waals surface area contributed by atoms with Crippen LogP contribution in [0.1, 0.15) is 5.76 Å². The molecule has 0 bridgehead atoms. The van der Waals surface area contributed by atoms with E-state index in [4.69, 9.17) is 21.3 Å². The van der Waals surface area contributed by atoms with Crippen LogP contribution in [-0.4, -0.2) is 0 Å². The van der Waals surface area contributed by atoms with Crippen molar-refractivity contribution in [3.05, 3.63) is 57.4 Å². The van der Waals surface area contributed by atoms with Gasteiger partial charge in [-0.1, -0.05) is 11.6 Å². The van der Waals surface area contributed by atoms with Crippen LogP contribution < -0.4 is 5.43 Å². The molecule has 0 unspecified atom stereocenters. The van der Waals surface area contributed by atoms with Crippen molar-refractivity contribution < 1.29 is 4.42 Å². The zero-order chi connectivity index (χ0) is 11.5. The van der Waals surface area contributed by atoms with Crippen LogP contribution in [0.2, 0.25) is 5.02 Å². The zero-order valence-corrected chi connectivity index (χ0v) is 8.86. The lowest BCUT2D eigenvalue weighted by atomic mass is 10.1. The second-order valence-electron chi connectivity index (χ2n) is 3.14. The molecule has 4 heteroatoms. The standard InChI is InChI=1S/C12H6ClNO2/c13-9-3-1-8(2-4-9)12-6-10(15)5-11(7-14)16-12/h1-6H. The minimum Gasteiger partial charge on any atom is -0.445 e. The van der Waals surface area contributed by atoms with Crippen molar-refractivity contribution >= 4 is 11.6 Å². The first-order valence-electron chi connectivity index (χ1n) is 4.50. The Bertz CT molecular complexity index is 608. The van der Waals surface area contributed by atoms with Gasteiger partial charge in [-0.15, -0.1) is 0 Å². The van der Waals surface area contributed by atoms with Gasteiger partial charge in [0.15, 0.2) is 5.43 Å². The van der Waals surface area contributed by atoms with E-state index in [9.17, 15) is 4.79 Å². The number of rotatable bonds is 1. The van der Waals surface area contributed by atoms with Gasteiger partial charge >= 0.3 is 0 Å². The summed E-state index contributed by atoms with van der Waals surface area (Å²) < 4.78 is 5.23. The predicted octanol–water partition coefficient (Wildman–Crippen LogP) is 2.83. The summed E-state index contributed by atoms with van der Waals surface area (Å²) >= 11 is 5.74. The fourth-order valence-electron chi connectivity index (χ4n) is 1.29. The second-order valence-corrected chi connectivity index (χ2v) is 3.58. The third-order valence-corrected chi connectivity index (χ3v) is 2.26. The van der Waals surface area contributed by atoms with E-state index in [1.807, 2.05) is 0 Å². The molecule has 78 valence electrons. The molecule has 0 amide bonds. The third kappa shape index (κ3) is 2.13. The Labute approximate surface area is 96.5 Å². The number of nitriles is 1. The summed E-state index contributed by atoms with van der Waals surface area (Å²) in [5.74, 6) is 0.359. The third-order valence-electron chi connectivity index (χ3n) is 2.01. The Hall–Kier alpha value is -2.05. The Morgan fingerprint density at radius 2 is 1.88 bits per heavy atom. The first-order valence-corrected chi connectivity index (χ1v) is 4.88. The SMILES string of the molecule is N#Cc1cc(=O)cc(-c2ccc(Cl)cc2)o1. The zero-order valence-electron chi connectivity index (χ0n) is 8.11. The topological polar surface area (TPSA) is 54.0 Å². The minimum atomic E-state index is -0.257. The van der Waals surface area contributed by atoms with Gasteiger partial charge in [-0.05, 0) is 24.3 Å². The average molecular weight is 232 g/mol. The van der Waals surface area contributed by atoms with Crippen molar-refractivity contribution in [1.82, 2.24) is 0 Å². The smallest absolute Gasteiger partial charge is 0.207 e. The van der Waals surface area contributed by atoms with Crippen LogP contribution in [0.15, 0.2) is 45.6 Å². The van der Waals surface area contributed by atoms with Crippen molar-refractivity contribution in [1.29, 1.82) is 5.26 Å². The van der Waals surface area contributed by atoms with Crippen molar-refractivity contribution in [2.45, 2.75) is 0 Å². The van der Waals surface area contributed by atoms with Crippen molar-refractivity contribution in [2.24, 2.45) is 0 Å². The maximum Gasteiger partial charge on any atom is 0.207 e. The summed E-state index contributed by atoms with van der Waals surface area (Å²) in [6.07, 6.45) is 0. The van der Waals surface area contributed by atoms with Crippen LogP contribution in [0, 0.1) is 11.3 Å². The number of halogens is 1. The Morgan fingerprint density at radius 1 is 1.19 bits per heavy atom. The molecule has 0 spiro atoms. The Morgan fingerprint density at radius 3 is 2.50 bits per heavy atom. The quantitative estimate of drug-likeness (QED) is 0.758. The van der Waals surface area contributed by atoms with E-state index in [2.05, 4.69) is 0 Å². The monoisotopic (exact) mass is 231 g/mol. The Kier molecular flexibility index (Phi) is 2.76. The molecule has 0 saturated heterocycles. The van der Waals surface area contributed by atoms with Gasteiger partial charge in [0.2, 0.25) is 5.76 Å². The van der Waals surface area contributed by atoms with Crippen molar-refractivity contribution in [2.75, 3.05) is 0 Å². The fraction of sp³-hybridized carbons (Fsp3) is 0. The largest absolute Gasteiger partial charge is 0.445 e. The molecule has 0 aliphatic heterocycles. The second kappa shape index (κ2) is 4.21. The first-order chi connectivity index (χ1) is 7.69. The Balaban J connectivity index is 2.56. The average Bonchev–Trinajstić information content (AvgIpc) is 2.29. The molecule has 0 radical (unpaired) electrons. The summed E-state index contributed by atoms with van der Waals surface area (Å²) in [6, 6.07) is 11.1. The van der Waals surface area contributed by atoms with Gasteiger partial charge in [0.25, 0.3) is 0 Å². The summed E-state index contributed by atoms with van der Waals surface area (Å²) in [7, 11) is 0. The van der Waals surface area contributed by atoms with E-state index >= 15 is 0 Å². The van der Waals surface area contributed by atoms with Crippen LogP contribution in [-0.2, 0) is 0 Å². The molecular formula is C12H6ClNO2. The van der Waals surface area contributed by atoms with Crippen LogP contribution in [0.3, 0.4) is 0 Å². The first kappa shape index (κ1) is 10.5. The number of benzene rings is 1. The number of hydrogen-bond donors (Lipinski definition) is 0. The lowest BCUT2D eigenvalue weighted by Gasteiger charge is -2.00. The van der Waals surface area contributed by atoms with Gasteiger partial charge in [-0.2, -0.15) is 5.26 Å². The maximum absolute atomic E-state index is 11.3. The van der Waals surface area contributed by atoms with E-state index in [1.54, 1.807) is 30.3 Å². The molecule has 16 heavy (non-hydrogen) atoms. The maximum atomic E-state index is 11.3. The molecule has 2 aromatic rings. The van der Waals surface area contributed by atoms with E-state index in [0.717, 1.165) is 6.07 Å². The van der Waals surface area contributed by atoms with Crippen molar-refractivity contribution in [3.8, 4) is 17.4 Å². The molecular weight excluding hydrogens is 226 g/mol. The van der Waals surface area contributed by atoms with Crippen LogP contribution in [0.4, 0.5) is 0 Å². The number of nitrogens with zero attached hydrogens (tertiary/aromatic N) is 1. The number of hydrogen-bond acceptors (Lipinski definition) is 3. The van der Waals surface area contributed by atoms with Gasteiger partial charge in [0.1, 0.15) is 11.8 Å². The lowest BCUT2D eigenvalue weighted by Crippen LogP contribution is -1.98. The molecule has 0 fully saturated rings. The molecule has 0 aliphatic carbocycles. The van der Waals surface area contributed by atoms with Gasteiger partial charge in [-0.3, -0.25) is 4.79 Å². The summed E-state index contributed by atoms with van der Waals surface area (Å²) in [4.78, 5) is 11.3. The molecule has 1 heterocycles. The van der Waals surface area contributed by atoms with E-state index in [0.29, 0.717) is 16.3 Å². The van der Waals surface area contributed by atoms with Crippen LogP contribution >= 0.6 is 11.6 Å². The van der Waals surface area contributed by atoms with Crippen LogP contribution in [0.5, 0.6) is 0 Å². The molecule has 0 atom stereocenters. The fourth-order valence-corrected chi connectivity index (χ4v) is 1.41. The summed E-state index contributed by atoms with van der Waals surface area (Å²) in [5.41, 5.74) is 0.450. The van der Waals surface area contributed by atoms with Crippen molar-refractivity contribution in [3.63, 3.8) is 0 Å². The molecule has 1 aromatic heterocycles. The predicted molar refractivity (Wildman–Crippen MR) is 60.1 cm³/mol. The molecule has 1 aromatic carbocycles. The lowest BCUT2D eigenvalue weighted by molar-refractivity contribution is 0.549. The normalized spacial score (nSPS) is 9.75. The molecule has 2 rings (SSSR count). The molecule has 0 aliphatic rings. The highest BCUT2D eigenvalue weighted by Gasteiger charge is 2.04. The minimum absolute atomic E-state index is 0.00236. The molecule has 0 saturated carbocycles. The molecule has 3 nitrogen and oxygen atoms in total. The van der Waals surface area contributed by atoms with Gasteiger partial charge in [-0.25, -0.2) is 0 Å². The van der Waals surface area contributed by atoms with Crippen LogP contribution in [0.25, 0.3) is 11.3 Å². The van der Waals surface area contributed by atoms with E-state index in [1.165, 1.54) is 6.07 Å². The highest BCUT2D eigenvalue weighted by atomic mass is 35.5. The van der Waals surface area contributed by atoms with Gasteiger partial charge in [0, 0.05) is 22.7 Å². The van der Waals surface area contributed by atoms with Gasteiger partial charge in [0.05, 0.1) is 0 Å². The van der Waals surface area contributed by atoms with E-state index < -0.39 is 0 Å².